The fourth-order valence-electron chi connectivity index (χ4n) is 2.16. The summed E-state index contributed by atoms with van der Waals surface area (Å²) in [4.78, 5) is 16.1. The first-order valence-electron chi connectivity index (χ1n) is 6.97. The number of nitrogens with zero attached hydrogens (tertiary/aromatic N) is 2. The van der Waals surface area contributed by atoms with Crippen molar-refractivity contribution in [2.75, 3.05) is 12.8 Å². The number of nitrogens with one attached hydrogen (secondary N) is 1. The summed E-state index contributed by atoms with van der Waals surface area (Å²) in [7, 11) is -3.32. The van der Waals surface area contributed by atoms with Crippen molar-refractivity contribution >= 4 is 15.7 Å². The van der Waals surface area contributed by atoms with Crippen molar-refractivity contribution in [1.82, 2.24) is 14.9 Å². The van der Waals surface area contributed by atoms with Gasteiger partial charge in [-0.25, -0.2) is 13.4 Å². The van der Waals surface area contributed by atoms with Crippen molar-refractivity contribution in [3.05, 3.63) is 48.5 Å². The van der Waals surface area contributed by atoms with Crippen LogP contribution < -0.4 is 5.32 Å². The van der Waals surface area contributed by atoms with E-state index in [0.717, 1.165) is 19.2 Å². The van der Waals surface area contributed by atoms with Crippen LogP contribution in [-0.2, 0) is 27.6 Å². The highest BCUT2D eigenvalue weighted by Gasteiger charge is 2.14. The lowest BCUT2D eigenvalue weighted by Gasteiger charge is -2.09. The fraction of sp³-hybridized carbons (Fsp3) is 0.333. The maximum absolute atomic E-state index is 11.9. The smallest absolute Gasteiger partial charge is 0.224 e. The Bertz CT molecular complexity index is 724. The molecule has 0 bridgehead atoms. The fourth-order valence-corrected chi connectivity index (χ4v) is 3.10. The first kappa shape index (κ1) is 16.2. The van der Waals surface area contributed by atoms with E-state index >= 15 is 0 Å². The van der Waals surface area contributed by atoms with Gasteiger partial charge in [-0.15, -0.1) is 0 Å². The van der Waals surface area contributed by atoms with Gasteiger partial charge in [0.15, 0.2) is 9.84 Å². The molecule has 6 nitrogen and oxygen atoms in total. The largest absolute Gasteiger partial charge is 0.356 e. The van der Waals surface area contributed by atoms with Gasteiger partial charge in [0, 0.05) is 31.7 Å². The second kappa shape index (κ2) is 7.22. The molecule has 1 heterocycles. The lowest BCUT2D eigenvalue weighted by atomic mass is 10.1. The molecule has 0 spiro atoms. The number of amides is 1. The van der Waals surface area contributed by atoms with Crippen molar-refractivity contribution < 1.29 is 13.2 Å². The van der Waals surface area contributed by atoms with Gasteiger partial charge >= 0.3 is 0 Å². The first-order chi connectivity index (χ1) is 10.5. The summed E-state index contributed by atoms with van der Waals surface area (Å²) >= 11 is 0. The first-order valence-corrected chi connectivity index (χ1v) is 8.86. The molecular formula is C15H19N3O3S. The van der Waals surface area contributed by atoms with Gasteiger partial charge in [-0.3, -0.25) is 4.79 Å². The van der Waals surface area contributed by atoms with E-state index in [9.17, 15) is 13.2 Å². The number of imidazole rings is 1. The molecule has 0 saturated carbocycles. The molecule has 1 aromatic carbocycles. The molecule has 0 saturated heterocycles. The number of hydrogen-bond donors (Lipinski definition) is 1. The zero-order valence-electron chi connectivity index (χ0n) is 12.4. The molecule has 2 aromatic rings. The minimum atomic E-state index is -3.32. The summed E-state index contributed by atoms with van der Waals surface area (Å²) in [6, 6.07) is 6.58. The maximum Gasteiger partial charge on any atom is 0.224 e. The number of rotatable bonds is 7. The number of aryl methyl sites for hydroxylation is 1. The average Bonchev–Trinajstić information content (AvgIpc) is 2.96. The third-order valence-electron chi connectivity index (χ3n) is 3.20. The second-order valence-electron chi connectivity index (χ2n) is 5.06. The van der Waals surface area contributed by atoms with E-state index in [4.69, 9.17) is 0 Å². The Morgan fingerprint density at radius 2 is 2.09 bits per heavy atom. The van der Waals surface area contributed by atoms with E-state index < -0.39 is 9.84 Å². The van der Waals surface area contributed by atoms with Crippen LogP contribution in [0.25, 0.3) is 0 Å². The Hall–Kier alpha value is -2.15. The standard InChI is InChI=1S/C15H19N3O3S/c1-22(20,21)14-6-3-2-5-13(14)11-15(19)17-7-4-9-18-10-8-16-12-18/h2-3,5-6,8,10,12H,4,7,9,11H2,1H3,(H,17,19). The van der Waals surface area contributed by atoms with Crippen LogP contribution in [0.15, 0.2) is 47.9 Å². The number of aromatic nitrogens is 2. The van der Waals surface area contributed by atoms with E-state index in [0.29, 0.717) is 12.1 Å². The minimum absolute atomic E-state index is 0.0638. The molecule has 1 N–H and O–H groups in total. The van der Waals surface area contributed by atoms with Crippen molar-refractivity contribution in [2.45, 2.75) is 24.3 Å². The number of carbonyl (C=O) groups excluding carboxylic acids is 1. The summed E-state index contributed by atoms with van der Waals surface area (Å²) in [6.45, 7) is 1.32. The zero-order chi connectivity index (χ0) is 16.0. The van der Waals surface area contributed by atoms with Gasteiger partial charge in [0.05, 0.1) is 17.6 Å². The van der Waals surface area contributed by atoms with Crippen LogP contribution in [0.2, 0.25) is 0 Å². The van der Waals surface area contributed by atoms with Gasteiger partial charge in [-0.1, -0.05) is 18.2 Å². The molecule has 22 heavy (non-hydrogen) atoms. The zero-order valence-corrected chi connectivity index (χ0v) is 13.2. The van der Waals surface area contributed by atoms with Gasteiger partial charge in [-0.2, -0.15) is 0 Å². The third-order valence-corrected chi connectivity index (χ3v) is 4.39. The molecule has 7 heteroatoms. The van der Waals surface area contributed by atoms with Gasteiger partial charge in [0.1, 0.15) is 0 Å². The Balaban J connectivity index is 1.85. The highest BCUT2D eigenvalue weighted by molar-refractivity contribution is 7.90. The molecule has 2 rings (SSSR count). The van der Waals surface area contributed by atoms with Crippen LogP contribution in [0.3, 0.4) is 0 Å². The number of hydrogen-bond acceptors (Lipinski definition) is 4. The molecule has 0 fully saturated rings. The molecule has 0 aliphatic carbocycles. The minimum Gasteiger partial charge on any atom is -0.356 e. The molecule has 0 unspecified atom stereocenters. The number of sulfone groups is 1. The monoisotopic (exact) mass is 321 g/mol. The van der Waals surface area contributed by atoms with E-state index in [1.807, 2.05) is 10.8 Å². The van der Waals surface area contributed by atoms with Crippen LogP contribution in [0.1, 0.15) is 12.0 Å². The quantitative estimate of drug-likeness (QED) is 0.773. The van der Waals surface area contributed by atoms with Crippen molar-refractivity contribution in [1.29, 1.82) is 0 Å². The Kier molecular flexibility index (Phi) is 5.32. The Morgan fingerprint density at radius 1 is 1.32 bits per heavy atom. The number of carbonyl (C=O) groups is 1. The van der Waals surface area contributed by atoms with Crippen LogP contribution in [0.5, 0.6) is 0 Å². The summed E-state index contributed by atoms with van der Waals surface area (Å²) in [6.07, 6.45) is 7.30. The summed E-state index contributed by atoms with van der Waals surface area (Å²) in [5.74, 6) is -0.179. The van der Waals surface area contributed by atoms with Crippen LogP contribution in [0, 0.1) is 0 Å². The molecular weight excluding hydrogens is 302 g/mol. The van der Waals surface area contributed by atoms with Crippen LogP contribution in [0.4, 0.5) is 0 Å². The van der Waals surface area contributed by atoms with Crippen LogP contribution in [-0.4, -0.2) is 36.7 Å². The number of benzene rings is 1. The highest BCUT2D eigenvalue weighted by Crippen LogP contribution is 2.15. The van der Waals surface area contributed by atoms with Gasteiger partial charge < -0.3 is 9.88 Å². The van der Waals surface area contributed by atoms with E-state index in [2.05, 4.69) is 10.3 Å². The molecule has 1 amide bonds. The molecule has 0 aliphatic rings. The normalized spacial score (nSPS) is 11.3. The highest BCUT2D eigenvalue weighted by atomic mass is 32.2. The third kappa shape index (κ3) is 4.70. The Morgan fingerprint density at radius 3 is 2.77 bits per heavy atom. The second-order valence-corrected chi connectivity index (χ2v) is 7.04. The van der Waals surface area contributed by atoms with E-state index in [-0.39, 0.29) is 17.2 Å². The van der Waals surface area contributed by atoms with Gasteiger partial charge in [-0.05, 0) is 18.1 Å². The SMILES string of the molecule is CS(=O)(=O)c1ccccc1CC(=O)NCCCn1ccnc1. The van der Waals surface area contributed by atoms with Gasteiger partial charge in [0.2, 0.25) is 5.91 Å². The molecule has 118 valence electrons. The molecule has 1 aromatic heterocycles. The summed E-state index contributed by atoms with van der Waals surface area (Å²) < 4.78 is 25.3. The van der Waals surface area contributed by atoms with Crippen LogP contribution >= 0.6 is 0 Å². The van der Waals surface area contributed by atoms with Gasteiger partial charge in [0.25, 0.3) is 0 Å². The molecule has 0 aliphatic heterocycles. The lowest BCUT2D eigenvalue weighted by molar-refractivity contribution is -0.120. The Labute approximate surface area is 130 Å². The summed E-state index contributed by atoms with van der Waals surface area (Å²) in [5.41, 5.74) is 0.525. The predicted molar refractivity (Wildman–Crippen MR) is 83.1 cm³/mol. The van der Waals surface area contributed by atoms with Crippen molar-refractivity contribution in [3.63, 3.8) is 0 Å². The maximum atomic E-state index is 11.9. The van der Waals surface area contributed by atoms with Crippen molar-refractivity contribution in [2.24, 2.45) is 0 Å². The van der Waals surface area contributed by atoms with E-state index in [1.54, 1.807) is 30.7 Å². The molecule has 0 radical (unpaired) electrons. The lowest BCUT2D eigenvalue weighted by Crippen LogP contribution is -2.27. The molecule has 0 atom stereocenters. The summed E-state index contributed by atoms with van der Waals surface area (Å²) in [5, 5.41) is 2.80. The predicted octanol–water partition coefficient (Wildman–Crippen LogP) is 1.04. The van der Waals surface area contributed by atoms with E-state index in [1.165, 1.54) is 6.07 Å². The van der Waals surface area contributed by atoms with Crippen molar-refractivity contribution in [3.8, 4) is 0 Å². The topological polar surface area (TPSA) is 81.1 Å². The average molecular weight is 321 g/mol.